The molecule has 0 amide bonds. The van der Waals surface area contributed by atoms with Gasteiger partial charge >= 0.3 is 0 Å². The molecule has 4 nitrogen and oxygen atoms in total. The van der Waals surface area contributed by atoms with Crippen LogP contribution in [0.4, 0.5) is 4.39 Å². The molecule has 0 saturated heterocycles. The Hall–Kier alpha value is -3.73. The van der Waals surface area contributed by atoms with Gasteiger partial charge in [-0.15, -0.1) is 0 Å². The lowest BCUT2D eigenvalue weighted by Crippen LogP contribution is -2.22. The normalized spacial score (nSPS) is 12.5. The van der Waals surface area contributed by atoms with Gasteiger partial charge in [-0.3, -0.25) is 9.36 Å². The summed E-state index contributed by atoms with van der Waals surface area (Å²) >= 11 is 0. The summed E-state index contributed by atoms with van der Waals surface area (Å²) in [7, 11) is 0. The van der Waals surface area contributed by atoms with Crippen molar-refractivity contribution in [3.8, 4) is 17.1 Å². The molecule has 1 N–H and O–H groups in total. The number of hydrogen-bond acceptors (Lipinski definition) is 2. The maximum atomic E-state index is 14.0. The molecule has 5 heteroatoms. The van der Waals surface area contributed by atoms with Gasteiger partial charge in [0.1, 0.15) is 11.6 Å². The van der Waals surface area contributed by atoms with Gasteiger partial charge in [-0.05, 0) is 60.4 Å². The maximum absolute atomic E-state index is 14.0. The van der Waals surface area contributed by atoms with E-state index in [1.165, 1.54) is 17.7 Å². The molecule has 2 heterocycles. The van der Waals surface area contributed by atoms with Crippen LogP contribution < -0.4 is 5.56 Å². The minimum atomic E-state index is -0.332. The molecule has 0 radical (unpaired) electrons. The van der Waals surface area contributed by atoms with Gasteiger partial charge in [-0.25, -0.2) is 9.37 Å². The summed E-state index contributed by atoms with van der Waals surface area (Å²) in [4.78, 5) is 21.6. The Labute approximate surface area is 179 Å². The van der Waals surface area contributed by atoms with Crippen LogP contribution >= 0.6 is 0 Å². The van der Waals surface area contributed by atoms with Gasteiger partial charge in [-0.1, -0.05) is 38.1 Å². The van der Waals surface area contributed by atoms with E-state index in [-0.39, 0.29) is 11.4 Å². The highest BCUT2D eigenvalue weighted by molar-refractivity contribution is 5.95. The molecule has 0 bridgehead atoms. The molecule has 0 saturated carbocycles. The lowest BCUT2D eigenvalue weighted by Gasteiger charge is -2.15. The third-order valence-electron chi connectivity index (χ3n) is 5.99. The van der Waals surface area contributed by atoms with E-state index < -0.39 is 0 Å². The second-order valence-corrected chi connectivity index (χ2v) is 7.89. The number of hydrogen-bond donors (Lipinski definition) is 1. The Bertz CT molecular complexity index is 1460. The number of aromatic nitrogens is 3. The van der Waals surface area contributed by atoms with Crippen LogP contribution in [-0.2, 0) is 0 Å². The first-order valence-electron chi connectivity index (χ1n) is 10.5. The third kappa shape index (κ3) is 3.22. The van der Waals surface area contributed by atoms with Crippen molar-refractivity contribution in [3.63, 3.8) is 0 Å². The topological polar surface area (TPSA) is 50.7 Å². The molecule has 0 aliphatic carbocycles. The van der Waals surface area contributed by atoms with Crippen LogP contribution in [0.3, 0.4) is 0 Å². The molecular weight excluding hydrogens is 389 g/mol. The molecule has 0 aliphatic rings. The fourth-order valence-corrected chi connectivity index (χ4v) is 4.02. The number of rotatable bonds is 4. The maximum Gasteiger partial charge on any atom is 0.266 e. The minimum absolute atomic E-state index is 0.150. The van der Waals surface area contributed by atoms with Crippen LogP contribution in [0.15, 0.2) is 77.7 Å². The van der Waals surface area contributed by atoms with Crippen molar-refractivity contribution < 1.29 is 4.39 Å². The molecular formula is C26H22FN3O. The zero-order chi connectivity index (χ0) is 21.5. The molecule has 31 heavy (non-hydrogen) atoms. The molecule has 5 rings (SSSR count). The SMILES string of the molecule is CC[C@H](C)c1ccc(-n2c(-c3c[nH]c4ccc(F)cc34)nc3ccccc3c2=O)cc1. The van der Waals surface area contributed by atoms with Crippen LogP contribution in [0.2, 0.25) is 0 Å². The molecule has 1 atom stereocenters. The van der Waals surface area contributed by atoms with Crippen molar-refractivity contribution in [2.24, 2.45) is 0 Å². The second-order valence-electron chi connectivity index (χ2n) is 7.89. The van der Waals surface area contributed by atoms with Gasteiger partial charge in [0.2, 0.25) is 0 Å². The van der Waals surface area contributed by atoms with Crippen molar-refractivity contribution >= 4 is 21.8 Å². The number of benzene rings is 3. The van der Waals surface area contributed by atoms with Crippen molar-refractivity contribution in [1.82, 2.24) is 14.5 Å². The molecule has 0 aliphatic heterocycles. The van der Waals surface area contributed by atoms with E-state index in [4.69, 9.17) is 4.98 Å². The summed E-state index contributed by atoms with van der Waals surface area (Å²) in [6.07, 6.45) is 2.83. The van der Waals surface area contributed by atoms with E-state index in [2.05, 4.69) is 31.0 Å². The number of nitrogens with one attached hydrogen (secondary N) is 1. The van der Waals surface area contributed by atoms with Crippen LogP contribution in [0.25, 0.3) is 38.9 Å². The van der Waals surface area contributed by atoms with E-state index in [0.717, 1.165) is 17.6 Å². The zero-order valence-electron chi connectivity index (χ0n) is 17.4. The van der Waals surface area contributed by atoms with E-state index in [9.17, 15) is 9.18 Å². The number of nitrogens with zero attached hydrogens (tertiary/aromatic N) is 2. The van der Waals surface area contributed by atoms with E-state index in [0.29, 0.717) is 33.6 Å². The van der Waals surface area contributed by atoms with E-state index in [1.807, 2.05) is 30.3 Å². The van der Waals surface area contributed by atoms with Gasteiger partial charge in [0.05, 0.1) is 16.6 Å². The smallest absolute Gasteiger partial charge is 0.266 e. The van der Waals surface area contributed by atoms with Crippen molar-refractivity contribution in [2.75, 3.05) is 0 Å². The van der Waals surface area contributed by atoms with Gasteiger partial charge in [0, 0.05) is 22.7 Å². The summed E-state index contributed by atoms with van der Waals surface area (Å²) in [6.45, 7) is 4.34. The molecule has 0 spiro atoms. The van der Waals surface area contributed by atoms with Crippen molar-refractivity contribution in [3.05, 3.63) is 94.7 Å². The van der Waals surface area contributed by atoms with Crippen molar-refractivity contribution in [2.45, 2.75) is 26.2 Å². The largest absolute Gasteiger partial charge is 0.360 e. The second kappa shape index (κ2) is 7.51. The predicted octanol–water partition coefficient (Wildman–Crippen LogP) is 6.19. The predicted molar refractivity (Wildman–Crippen MR) is 123 cm³/mol. The molecule has 0 unspecified atom stereocenters. The average molecular weight is 411 g/mol. The van der Waals surface area contributed by atoms with E-state index >= 15 is 0 Å². The number of H-pyrrole nitrogens is 1. The van der Waals surface area contributed by atoms with Gasteiger partial charge in [-0.2, -0.15) is 0 Å². The molecule has 5 aromatic rings. The number of aromatic amines is 1. The highest BCUT2D eigenvalue weighted by atomic mass is 19.1. The number of para-hydroxylation sites is 1. The highest BCUT2D eigenvalue weighted by Gasteiger charge is 2.18. The van der Waals surface area contributed by atoms with Gasteiger partial charge in [0.25, 0.3) is 5.56 Å². The van der Waals surface area contributed by atoms with Crippen LogP contribution in [0.5, 0.6) is 0 Å². The Morgan fingerprint density at radius 3 is 2.58 bits per heavy atom. The third-order valence-corrected chi connectivity index (χ3v) is 5.99. The van der Waals surface area contributed by atoms with Crippen LogP contribution in [0.1, 0.15) is 31.7 Å². The standard InChI is InChI=1S/C26H22FN3O/c1-3-16(2)17-8-11-19(12-9-17)30-25(29-24-7-5-4-6-20(24)26(30)31)22-15-28-23-13-10-18(27)14-21(22)23/h4-16,28H,3H2,1-2H3/t16-/m0/s1. The number of halogens is 1. The zero-order valence-corrected chi connectivity index (χ0v) is 17.4. The molecule has 3 aromatic carbocycles. The molecule has 0 fully saturated rings. The van der Waals surface area contributed by atoms with E-state index in [1.54, 1.807) is 22.9 Å². The Morgan fingerprint density at radius 1 is 1.03 bits per heavy atom. The lowest BCUT2D eigenvalue weighted by molar-refractivity contribution is 0.630. The van der Waals surface area contributed by atoms with Crippen LogP contribution in [0, 0.1) is 5.82 Å². The summed E-state index contributed by atoms with van der Waals surface area (Å²) in [6, 6.07) is 19.9. The minimum Gasteiger partial charge on any atom is -0.360 e. The first kappa shape index (κ1) is 19.2. The molecule has 154 valence electrons. The summed E-state index contributed by atoms with van der Waals surface area (Å²) in [5.74, 6) is 0.592. The lowest BCUT2D eigenvalue weighted by atomic mass is 9.98. The van der Waals surface area contributed by atoms with Gasteiger partial charge < -0.3 is 4.98 Å². The Balaban J connectivity index is 1.82. The first-order chi connectivity index (χ1) is 15.1. The Morgan fingerprint density at radius 2 is 1.81 bits per heavy atom. The fourth-order valence-electron chi connectivity index (χ4n) is 4.02. The summed E-state index contributed by atoms with van der Waals surface area (Å²) < 4.78 is 15.6. The Kier molecular flexibility index (Phi) is 4.66. The van der Waals surface area contributed by atoms with Crippen molar-refractivity contribution in [1.29, 1.82) is 0 Å². The highest BCUT2D eigenvalue weighted by Crippen LogP contribution is 2.30. The van der Waals surface area contributed by atoms with Crippen LogP contribution in [-0.4, -0.2) is 14.5 Å². The number of fused-ring (bicyclic) bond motifs is 2. The summed E-state index contributed by atoms with van der Waals surface area (Å²) in [5, 5.41) is 1.23. The average Bonchev–Trinajstić information content (AvgIpc) is 3.21. The summed E-state index contributed by atoms with van der Waals surface area (Å²) in [5.41, 5.74) is 3.89. The first-order valence-corrected chi connectivity index (χ1v) is 10.5. The monoisotopic (exact) mass is 411 g/mol. The molecule has 2 aromatic heterocycles. The quantitative estimate of drug-likeness (QED) is 0.383. The van der Waals surface area contributed by atoms with Gasteiger partial charge in [0.15, 0.2) is 0 Å². The fraction of sp³-hybridized carbons (Fsp3) is 0.154.